The van der Waals surface area contributed by atoms with Crippen molar-refractivity contribution in [2.45, 2.75) is 53.1 Å². The molecule has 1 aliphatic heterocycles. The average Bonchev–Trinajstić information content (AvgIpc) is 2.18. The van der Waals surface area contributed by atoms with Crippen molar-refractivity contribution < 1.29 is 9.59 Å². The van der Waals surface area contributed by atoms with Crippen molar-refractivity contribution in [1.29, 1.82) is 0 Å². The Morgan fingerprint density at radius 2 is 2.00 bits per heavy atom. The summed E-state index contributed by atoms with van der Waals surface area (Å²) in [5.41, 5.74) is -0.233. The largest absolute Gasteiger partial charge is 0.345 e. The highest BCUT2D eigenvalue weighted by molar-refractivity contribution is 5.95. The van der Waals surface area contributed by atoms with Gasteiger partial charge < -0.3 is 10.2 Å². The lowest BCUT2D eigenvalue weighted by Gasteiger charge is -2.44. The predicted molar refractivity (Wildman–Crippen MR) is 62.9 cm³/mol. The number of hydrogen-bond acceptors (Lipinski definition) is 2. The number of nitrogens with one attached hydrogen (secondary N) is 1. The van der Waals surface area contributed by atoms with Gasteiger partial charge in [-0.1, -0.05) is 27.7 Å². The normalized spacial score (nSPS) is 24.3. The lowest BCUT2D eigenvalue weighted by molar-refractivity contribution is -0.152. The van der Waals surface area contributed by atoms with Crippen LogP contribution in [0.4, 0.5) is 0 Å². The quantitative estimate of drug-likeness (QED) is 0.768. The molecule has 1 rings (SSSR count). The van der Waals surface area contributed by atoms with Gasteiger partial charge in [0.15, 0.2) is 0 Å². The van der Waals surface area contributed by atoms with E-state index in [-0.39, 0.29) is 35.9 Å². The van der Waals surface area contributed by atoms with Crippen molar-refractivity contribution >= 4 is 11.8 Å². The third-order valence-electron chi connectivity index (χ3n) is 3.11. The van der Waals surface area contributed by atoms with Crippen molar-refractivity contribution in [1.82, 2.24) is 10.2 Å². The first-order chi connectivity index (χ1) is 7.29. The second-order valence-corrected chi connectivity index (χ2v) is 5.54. The minimum absolute atomic E-state index is 0.0221. The van der Waals surface area contributed by atoms with Crippen LogP contribution in [-0.2, 0) is 9.59 Å². The number of carbonyl (C=O) groups is 2. The molecule has 16 heavy (non-hydrogen) atoms. The molecule has 0 radical (unpaired) electrons. The third-order valence-corrected chi connectivity index (χ3v) is 3.11. The van der Waals surface area contributed by atoms with Crippen LogP contribution in [0.2, 0.25) is 0 Å². The topological polar surface area (TPSA) is 49.4 Å². The predicted octanol–water partition coefficient (Wildman–Crippen LogP) is 1.16. The summed E-state index contributed by atoms with van der Waals surface area (Å²) in [6, 6.07) is -0.244. The van der Waals surface area contributed by atoms with Crippen molar-refractivity contribution in [3.05, 3.63) is 0 Å². The van der Waals surface area contributed by atoms with Gasteiger partial charge in [0, 0.05) is 6.04 Å². The number of rotatable bonds is 2. The molecule has 1 saturated heterocycles. The van der Waals surface area contributed by atoms with E-state index >= 15 is 0 Å². The Morgan fingerprint density at radius 1 is 1.44 bits per heavy atom. The summed E-state index contributed by atoms with van der Waals surface area (Å²) in [6.45, 7) is 10.1. The van der Waals surface area contributed by atoms with Crippen LogP contribution in [-0.4, -0.2) is 35.3 Å². The van der Waals surface area contributed by atoms with E-state index in [9.17, 15) is 9.59 Å². The van der Waals surface area contributed by atoms with Gasteiger partial charge in [0.25, 0.3) is 0 Å². The molecule has 2 unspecified atom stereocenters. The number of piperazine rings is 1. The number of amides is 2. The summed E-state index contributed by atoms with van der Waals surface area (Å²) in [5, 5.41) is 2.67. The second kappa shape index (κ2) is 4.44. The fourth-order valence-corrected chi connectivity index (χ4v) is 2.13. The molecule has 1 heterocycles. The molecule has 0 bridgehead atoms. The zero-order chi connectivity index (χ0) is 12.5. The van der Waals surface area contributed by atoms with Gasteiger partial charge in [-0.25, -0.2) is 0 Å². The molecule has 0 aliphatic carbocycles. The standard InChI is InChI=1S/C12H22N2O2/c1-6-8(2)14-9(15)7-13-11(16)10(14)12(3,4)5/h8,10H,6-7H2,1-5H3,(H,13,16). The summed E-state index contributed by atoms with van der Waals surface area (Å²) >= 11 is 0. The average molecular weight is 226 g/mol. The van der Waals surface area contributed by atoms with Gasteiger partial charge in [-0.15, -0.1) is 0 Å². The maximum absolute atomic E-state index is 11.9. The van der Waals surface area contributed by atoms with E-state index in [4.69, 9.17) is 0 Å². The maximum atomic E-state index is 11.9. The molecule has 4 heteroatoms. The summed E-state index contributed by atoms with van der Waals surface area (Å²) in [7, 11) is 0. The Labute approximate surface area is 97.4 Å². The van der Waals surface area contributed by atoms with Crippen LogP contribution in [0.5, 0.6) is 0 Å². The molecule has 0 saturated carbocycles. The third kappa shape index (κ3) is 2.36. The minimum atomic E-state index is -0.358. The highest BCUT2D eigenvalue weighted by Crippen LogP contribution is 2.28. The molecule has 1 N–H and O–H groups in total. The Kier molecular flexibility index (Phi) is 3.61. The van der Waals surface area contributed by atoms with Gasteiger partial charge >= 0.3 is 0 Å². The first-order valence-electron chi connectivity index (χ1n) is 5.88. The van der Waals surface area contributed by atoms with E-state index in [0.29, 0.717) is 0 Å². The Balaban J connectivity index is 3.05. The van der Waals surface area contributed by atoms with Crippen molar-refractivity contribution in [2.75, 3.05) is 6.54 Å². The van der Waals surface area contributed by atoms with E-state index in [1.807, 2.05) is 34.6 Å². The van der Waals surface area contributed by atoms with Gasteiger partial charge in [-0.3, -0.25) is 9.59 Å². The first-order valence-corrected chi connectivity index (χ1v) is 5.88. The van der Waals surface area contributed by atoms with Crippen LogP contribution in [0.3, 0.4) is 0 Å². The monoisotopic (exact) mass is 226 g/mol. The smallest absolute Gasteiger partial charge is 0.243 e. The van der Waals surface area contributed by atoms with E-state index in [1.54, 1.807) is 4.90 Å². The molecule has 0 aromatic rings. The zero-order valence-corrected chi connectivity index (χ0v) is 10.8. The van der Waals surface area contributed by atoms with Gasteiger partial charge in [-0.05, 0) is 18.8 Å². The van der Waals surface area contributed by atoms with Crippen molar-refractivity contribution in [3.8, 4) is 0 Å². The fourth-order valence-electron chi connectivity index (χ4n) is 2.13. The van der Waals surface area contributed by atoms with Gasteiger partial charge in [0.1, 0.15) is 6.04 Å². The minimum Gasteiger partial charge on any atom is -0.345 e. The number of carbonyl (C=O) groups excluding carboxylic acids is 2. The molecule has 4 nitrogen and oxygen atoms in total. The fraction of sp³-hybridized carbons (Fsp3) is 0.833. The molecule has 1 aliphatic rings. The molecular weight excluding hydrogens is 204 g/mol. The summed E-state index contributed by atoms with van der Waals surface area (Å²) in [5.74, 6) is -0.0127. The van der Waals surface area contributed by atoms with Crippen LogP contribution in [0.15, 0.2) is 0 Å². The summed E-state index contributed by atoms with van der Waals surface area (Å²) in [4.78, 5) is 25.6. The highest BCUT2D eigenvalue weighted by Gasteiger charge is 2.43. The van der Waals surface area contributed by atoms with Gasteiger partial charge in [0.2, 0.25) is 11.8 Å². The van der Waals surface area contributed by atoms with Crippen LogP contribution >= 0.6 is 0 Å². The summed E-state index contributed by atoms with van der Waals surface area (Å²) < 4.78 is 0. The van der Waals surface area contributed by atoms with Gasteiger partial charge in [0.05, 0.1) is 6.54 Å². The number of nitrogens with zero attached hydrogens (tertiary/aromatic N) is 1. The van der Waals surface area contributed by atoms with E-state index in [0.717, 1.165) is 6.42 Å². The van der Waals surface area contributed by atoms with Crippen molar-refractivity contribution in [2.24, 2.45) is 5.41 Å². The second-order valence-electron chi connectivity index (χ2n) is 5.54. The molecule has 0 aromatic carbocycles. The maximum Gasteiger partial charge on any atom is 0.243 e. The molecule has 2 amide bonds. The lowest BCUT2D eigenvalue weighted by atomic mass is 9.83. The van der Waals surface area contributed by atoms with Crippen LogP contribution in [0, 0.1) is 5.41 Å². The van der Waals surface area contributed by atoms with Crippen LogP contribution < -0.4 is 5.32 Å². The first kappa shape index (κ1) is 13.0. The van der Waals surface area contributed by atoms with Crippen LogP contribution in [0.25, 0.3) is 0 Å². The Morgan fingerprint density at radius 3 is 2.44 bits per heavy atom. The molecule has 0 spiro atoms. The molecule has 92 valence electrons. The van der Waals surface area contributed by atoms with Crippen LogP contribution in [0.1, 0.15) is 41.0 Å². The van der Waals surface area contributed by atoms with E-state index in [2.05, 4.69) is 5.32 Å². The zero-order valence-electron chi connectivity index (χ0n) is 10.8. The molecule has 2 atom stereocenters. The molecular formula is C12H22N2O2. The Hall–Kier alpha value is -1.06. The lowest BCUT2D eigenvalue weighted by Crippen LogP contribution is -2.64. The number of hydrogen-bond donors (Lipinski definition) is 1. The van der Waals surface area contributed by atoms with Crippen molar-refractivity contribution in [3.63, 3.8) is 0 Å². The Bertz CT molecular complexity index is 294. The molecule has 1 fully saturated rings. The SMILES string of the molecule is CCC(C)N1C(=O)CNC(=O)C1C(C)(C)C. The van der Waals surface area contributed by atoms with Gasteiger partial charge in [-0.2, -0.15) is 0 Å². The van der Waals surface area contributed by atoms with E-state index < -0.39 is 0 Å². The van der Waals surface area contributed by atoms with E-state index in [1.165, 1.54) is 0 Å². The molecule has 0 aromatic heterocycles. The highest BCUT2D eigenvalue weighted by atomic mass is 16.2. The summed E-state index contributed by atoms with van der Waals surface area (Å²) in [6.07, 6.45) is 0.867.